The van der Waals surface area contributed by atoms with Gasteiger partial charge in [-0.1, -0.05) is 24.3 Å². The van der Waals surface area contributed by atoms with Crippen LogP contribution in [0.15, 0.2) is 36.5 Å². The molecule has 104 valence electrons. The van der Waals surface area contributed by atoms with Crippen LogP contribution < -0.4 is 5.32 Å². The summed E-state index contributed by atoms with van der Waals surface area (Å²) in [6.45, 7) is 2.06. The summed E-state index contributed by atoms with van der Waals surface area (Å²) < 4.78 is 0. The number of ketones is 1. The molecule has 0 saturated heterocycles. The van der Waals surface area contributed by atoms with E-state index < -0.39 is 0 Å². The van der Waals surface area contributed by atoms with Crippen molar-refractivity contribution in [2.75, 3.05) is 6.54 Å². The Morgan fingerprint density at radius 3 is 2.75 bits per heavy atom. The smallest absolute Gasteiger partial charge is 0.220 e. The molecule has 1 heterocycles. The predicted molar refractivity (Wildman–Crippen MR) is 78.4 cm³/mol. The topological polar surface area (TPSA) is 59.1 Å². The van der Waals surface area contributed by atoms with Crippen LogP contribution in [0.5, 0.6) is 0 Å². The first-order chi connectivity index (χ1) is 9.66. The number of hydrogen-bond acceptors (Lipinski definition) is 3. The van der Waals surface area contributed by atoms with Gasteiger partial charge in [-0.05, 0) is 25.0 Å². The Morgan fingerprint density at radius 2 is 1.95 bits per heavy atom. The molecule has 1 N–H and O–H groups in total. The van der Waals surface area contributed by atoms with Crippen molar-refractivity contribution >= 4 is 22.6 Å². The standard InChI is InChI=1S/C16H18N2O2/c1-12(19)7-8-15(20)17-11-9-14-5-2-4-13-6-3-10-18-16(13)14/h2-6,10H,7-9,11H2,1H3,(H,17,20). The Hall–Kier alpha value is -2.23. The molecule has 4 nitrogen and oxygen atoms in total. The third-order valence-electron chi connectivity index (χ3n) is 3.14. The second kappa shape index (κ2) is 6.80. The van der Waals surface area contributed by atoms with Crippen LogP contribution in [0.25, 0.3) is 10.9 Å². The minimum absolute atomic E-state index is 0.0402. The highest BCUT2D eigenvalue weighted by atomic mass is 16.2. The summed E-state index contributed by atoms with van der Waals surface area (Å²) in [5.74, 6) is -0.0354. The van der Waals surface area contributed by atoms with Gasteiger partial charge in [0, 0.05) is 31.0 Å². The maximum absolute atomic E-state index is 11.5. The van der Waals surface area contributed by atoms with Gasteiger partial charge < -0.3 is 10.1 Å². The summed E-state index contributed by atoms with van der Waals surface area (Å²) >= 11 is 0. The molecule has 0 saturated carbocycles. The number of benzene rings is 1. The normalized spacial score (nSPS) is 10.4. The SMILES string of the molecule is CC(=O)CCC(=O)NCCc1cccc2cccnc12. The molecule has 0 spiro atoms. The third kappa shape index (κ3) is 3.88. The highest BCUT2D eigenvalue weighted by molar-refractivity contribution is 5.84. The quantitative estimate of drug-likeness (QED) is 0.876. The summed E-state index contributed by atoms with van der Waals surface area (Å²) in [6, 6.07) is 9.98. The molecule has 4 heteroatoms. The van der Waals surface area contributed by atoms with E-state index in [0.29, 0.717) is 13.0 Å². The molecule has 2 rings (SSSR count). The average molecular weight is 270 g/mol. The molecule has 1 aromatic carbocycles. The minimum Gasteiger partial charge on any atom is -0.356 e. The summed E-state index contributed by atoms with van der Waals surface area (Å²) in [5.41, 5.74) is 2.10. The highest BCUT2D eigenvalue weighted by Gasteiger charge is 2.05. The number of carbonyl (C=O) groups excluding carboxylic acids is 2. The molecule has 2 aromatic rings. The van der Waals surface area contributed by atoms with Crippen LogP contribution in [0, 0.1) is 0 Å². The highest BCUT2D eigenvalue weighted by Crippen LogP contribution is 2.15. The molecule has 0 atom stereocenters. The van der Waals surface area contributed by atoms with Crippen LogP contribution in [0.2, 0.25) is 0 Å². The van der Waals surface area contributed by atoms with Crippen molar-refractivity contribution in [2.45, 2.75) is 26.2 Å². The second-order valence-electron chi connectivity index (χ2n) is 4.79. The van der Waals surface area contributed by atoms with E-state index in [0.717, 1.165) is 22.9 Å². The first kappa shape index (κ1) is 14.2. The monoisotopic (exact) mass is 270 g/mol. The Morgan fingerprint density at radius 1 is 1.15 bits per heavy atom. The van der Waals surface area contributed by atoms with Crippen molar-refractivity contribution in [3.8, 4) is 0 Å². The number of fused-ring (bicyclic) bond motifs is 1. The molecular weight excluding hydrogens is 252 g/mol. The largest absolute Gasteiger partial charge is 0.356 e. The van der Waals surface area contributed by atoms with Crippen molar-refractivity contribution in [3.63, 3.8) is 0 Å². The lowest BCUT2D eigenvalue weighted by molar-refractivity contribution is -0.124. The Bertz CT molecular complexity index is 617. The van der Waals surface area contributed by atoms with E-state index in [9.17, 15) is 9.59 Å². The number of carbonyl (C=O) groups is 2. The van der Waals surface area contributed by atoms with Gasteiger partial charge in [-0.3, -0.25) is 9.78 Å². The van der Waals surface area contributed by atoms with E-state index in [1.54, 1.807) is 6.20 Å². The van der Waals surface area contributed by atoms with Crippen LogP contribution in [0.1, 0.15) is 25.3 Å². The minimum atomic E-state index is -0.0756. The average Bonchev–Trinajstić information content (AvgIpc) is 2.45. The number of para-hydroxylation sites is 1. The number of nitrogens with zero attached hydrogens (tertiary/aromatic N) is 1. The van der Waals surface area contributed by atoms with Gasteiger partial charge in [-0.15, -0.1) is 0 Å². The molecule has 1 aromatic heterocycles. The molecule has 20 heavy (non-hydrogen) atoms. The number of rotatable bonds is 6. The molecule has 0 aliphatic carbocycles. The first-order valence-corrected chi connectivity index (χ1v) is 6.75. The fourth-order valence-corrected chi connectivity index (χ4v) is 2.08. The zero-order chi connectivity index (χ0) is 14.4. The zero-order valence-corrected chi connectivity index (χ0v) is 11.6. The maximum Gasteiger partial charge on any atom is 0.220 e. The second-order valence-corrected chi connectivity index (χ2v) is 4.79. The van der Waals surface area contributed by atoms with Gasteiger partial charge in [-0.25, -0.2) is 0 Å². The molecule has 0 fully saturated rings. The lowest BCUT2D eigenvalue weighted by Gasteiger charge is -2.07. The van der Waals surface area contributed by atoms with Gasteiger partial charge in [0.15, 0.2) is 0 Å². The van der Waals surface area contributed by atoms with Crippen LogP contribution in [0.4, 0.5) is 0 Å². The number of pyridine rings is 1. The van der Waals surface area contributed by atoms with E-state index in [1.165, 1.54) is 6.92 Å². The molecule has 0 aliphatic heterocycles. The van der Waals surface area contributed by atoms with Gasteiger partial charge in [0.05, 0.1) is 5.52 Å². The summed E-state index contributed by atoms with van der Waals surface area (Å²) in [7, 11) is 0. The van der Waals surface area contributed by atoms with E-state index in [2.05, 4.69) is 10.3 Å². The van der Waals surface area contributed by atoms with Gasteiger partial charge in [0.1, 0.15) is 5.78 Å². The lowest BCUT2D eigenvalue weighted by Crippen LogP contribution is -2.25. The third-order valence-corrected chi connectivity index (χ3v) is 3.14. The zero-order valence-electron chi connectivity index (χ0n) is 11.6. The molecule has 0 unspecified atom stereocenters. The van der Waals surface area contributed by atoms with Crippen molar-refractivity contribution in [2.24, 2.45) is 0 Å². The number of Topliss-reactive ketones (excluding diaryl/α,β-unsaturated/α-hetero) is 1. The summed E-state index contributed by atoms with van der Waals surface area (Å²) in [5, 5.41) is 3.94. The number of nitrogens with one attached hydrogen (secondary N) is 1. The molecule has 0 radical (unpaired) electrons. The van der Waals surface area contributed by atoms with Crippen LogP contribution in [0.3, 0.4) is 0 Å². The first-order valence-electron chi connectivity index (χ1n) is 6.75. The summed E-state index contributed by atoms with van der Waals surface area (Å²) in [6.07, 6.45) is 3.09. The van der Waals surface area contributed by atoms with Crippen LogP contribution in [-0.4, -0.2) is 23.2 Å². The molecule has 0 aliphatic rings. The van der Waals surface area contributed by atoms with Crippen LogP contribution in [-0.2, 0) is 16.0 Å². The Balaban J connectivity index is 1.90. The summed E-state index contributed by atoms with van der Waals surface area (Å²) in [4.78, 5) is 26.7. The van der Waals surface area contributed by atoms with E-state index in [1.807, 2.05) is 30.3 Å². The Labute approximate surface area is 118 Å². The lowest BCUT2D eigenvalue weighted by atomic mass is 10.1. The van der Waals surface area contributed by atoms with Crippen molar-refractivity contribution < 1.29 is 9.59 Å². The number of amides is 1. The van der Waals surface area contributed by atoms with Gasteiger partial charge >= 0.3 is 0 Å². The van der Waals surface area contributed by atoms with Gasteiger partial charge in [-0.2, -0.15) is 0 Å². The predicted octanol–water partition coefficient (Wildman–Crippen LogP) is 2.26. The van der Waals surface area contributed by atoms with Crippen molar-refractivity contribution in [1.29, 1.82) is 0 Å². The molecular formula is C16H18N2O2. The number of aromatic nitrogens is 1. The van der Waals surface area contributed by atoms with Gasteiger partial charge in [0.2, 0.25) is 5.91 Å². The van der Waals surface area contributed by atoms with Crippen LogP contribution >= 0.6 is 0 Å². The fourth-order valence-electron chi connectivity index (χ4n) is 2.08. The van der Waals surface area contributed by atoms with Crippen molar-refractivity contribution in [1.82, 2.24) is 10.3 Å². The fraction of sp³-hybridized carbons (Fsp3) is 0.312. The molecule has 1 amide bonds. The van der Waals surface area contributed by atoms with Gasteiger partial charge in [0.25, 0.3) is 0 Å². The van der Waals surface area contributed by atoms with Crippen molar-refractivity contribution in [3.05, 3.63) is 42.1 Å². The molecule has 0 bridgehead atoms. The van der Waals surface area contributed by atoms with E-state index in [-0.39, 0.29) is 18.1 Å². The maximum atomic E-state index is 11.5. The number of hydrogen-bond donors (Lipinski definition) is 1. The Kier molecular flexibility index (Phi) is 4.82. The van der Waals surface area contributed by atoms with E-state index in [4.69, 9.17) is 0 Å². The van der Waals surface area contributed by atoms with E-state index >= 15 is 0 Å².